The second kappa shape index (κ2) is 10.3. The molecule has 0 saturated heterocycles. The van der Waals surface area contributed by atoms with Gasteiger partial charge in [0, 0.05) is 6.04 Å². The minimum absolute atomic E-state index is 0.0142. The number of benzene rings is 1. The second-order valence-electron chi connectivity index (χ2n) is 5.41. The number of urea groups is 1. The van der Waals surface area contributed by atoms with Gasteiger partial charge in [-0.05, 0) is 38.0 Å². The fourth-order valence-electron chi connectivity index (χ4n) is 1.70. The molecule has 24 heavy (non-hydrogen) atoms. The van der Waals surface area contributed by atoms with E-state index in [9.17, 15) is 14.4 Å². The van der Waals surface area contributed by atoms with Crippen molar-refractivity contribution in [2.45, 2.75) is 39.7 Å². The monoisotopic (exact) mass is 336 g/mol. The Morgan fingerprint density at radius 2 is 2.00 bits per heavy atom. The number of hydrogen-bond acceptors (Lipinski definition) is 5. The molecule has 7 heteroatoms. The van der Waals surface area contributed by atoms with Gasteiger partial charge in [0.05, 0.1) is 13.0 Å². The van der Waals surface area contributed by atoms with Gasteiger partial charge in [-0.15, -0.1) is 0 Å². The van der Waals surface area contributed by atoms with Crippen LogP contribution in [0.4, 0.5) is 4.79 Å². The number of ether oxygens (including phenoxy) is 2. The van der Waals surface area contributed by atoms with Crippen LogP contribution in [0.1, 0.15) is 32.3 Å². The molecule has 0 aliphatic rings. The van der Waals surface area contributed by atoms with Crippen LogP contribution in [0.15, 0.2) is 24.3 Å². The Balaban J connectivity index is 2.19. The van der Waals surface area contributed by atoms with Gasteiger partial charge in [-0.3, -0.25) is 14.9 Å². The highest BCUT2D eigenvalue weighted by Gasteiger charge is 2.12. The highest BCUT2D eigenvalue weighted by atomic mass is 16.5. The van der Waals surface area contributed by atoms with E-state index in [2.05, 4.69) is 10.6 Å². The molecule has 0 aliphatic carbocycles. The zero-order valence-corrected chi connectivity index (χ0v) is 14.3. The van der Waals surface area contributed by atoms with Crippen LogP contribution < -0.4 is 15.4 Å². The predicted molar refractivity (Wildman–Crippen MR) is 88.7 cm³/mol. The van der Waals surface area contributed by atoms with E-state index in [0.717, 1.165) is 12.0 Å². The van der Waals surface area contributed by atoms with Crippen LogP contribution in [0.3, 0.4) is 0 Å². The number of esters is 1. The number of nitrogens with one attached hydrogen (secondary N) is 2. The van der Waals surface area contributed by atoms with Gasteiger partial charge in [-0.1, -0.05) is 19.1 Å². The number of rotatable bonds is 8. The molecule has 0 aliphatic heterocycles. The van der Waals surface area contributed by atoms with Crippen LogP contribution in [0.2, 0.25) is 0 Å². The number of carbonyl (C=O) groups is 3. The molecule has 0 unspecified atom stereocenters. The molecule has 0 spiro atoms. The maximum absolute atomic E-state index is 11.5. The van der Waals surface area contributed by atoms with Crippen LogP contribution in [-0.2, 0) is 14.3 Å². The SMILES string of the molecule is CC[C@@H](C)NC(=O)NC(=O)COC(=O)CCOc1cccc(C)c1. The highest BCUT2D eigenvalue weighted by Crippen LogP contribution is 2.12. The molecule has 0 heterocycles. The average molecular weight is 336 g/mol. The molecule has 1 rings (SSSR count). The van der Waals surface area contributed by atoms with Gasteiger partial charge in [0.15, 0.2) is 6.61 Å². The normalized spacial score (nSPS) is 11.3. The molecule has 2 N–H and O–H groups in total. The zero-order valence-electron chi connectivity index (χ0n) is 14.3. The summed E-state index contributed by atoms with van der Waals surface area (Å²) in [5, 5.41) is 4.66. The summed E-state index contributed by atoms with van der Waals surface area (Å²) < 4.78 is 10.2. The predicted octanol–water partition coefficient (Wildman–Crippen LogP) is 1.93. The maximum Gasteiger partial charge on any atom is 0.321 e. The van der Waals surface area contributed by atoms with Gasteiger partial charge in [-0.2, -0.15) is 0 Å². The Kier molecular flexibility index (Phi) is 8.32. The fourth-order valence-corrected chi connectivity index (χ4v) is 1.70. The third-order valence-electron chi connectivity index (χ3n) is 3.17. The molecular formula is C17H24N2O5. The lowest BCUT2D eigenvalue weighted by Crippen LogP contribution is -2.44. The van der Waals surface area contributed by atoms with Gasteiger partial charge in [-0.25, -0.2) is 4.79 Å². The lowest BCUT2D eigenvalue weighted by Gasteiger charge is -2.12. The molecule has 0 aromatic heterocycles. The summed E-state index contributed by atoms with van der Waals surface area (Å²) in [6.07, 6.45) is 0.762. The van der Waals surface area contributed by atoms with Crippen LogP contribution in [0.5, 0.6) is 5.75 Å². The highest BCUT2D eigenvalue weighted by molar-refractivity contribution is 5.95. The quantitative estimate of drug-likeness (QED) is 0.708. The third kappa shape index (κ3) is 8.17. The van der Waals surface area contributed by atoms with Crippen LogP contribution >= 0.6 is 0 Å². The van der Waals surface area contributed by atoms with Crippen molar-refractivity contribution in [3.8, 4) is 5.75 Å². The Morgan fingerprint density at radius 3 is 2.67 bits per heavy atom. The van der Waals surface area contributed by atoms with E-state index in [0.29, 0.717) is 5.75 Å². The van der Waals surface area contributed by atoms with Crippen molar-refractivity contribution in [1.82, 2.24) is 10.6 Å². The molecule has 0 bridgehead atoms. The molecule has 132 valence electrons. The minimum atomic E-state index is -0.677. The minimum Gasteiger partial charge on any atom is -0.493 e. The number of carbonyl (C=O) groups excluding carboxylic acids is 3. The van der Waals surface area contributed by atoms with Crippen molar-refractivity contribution in [1.29, 1.82) is 0 Å². The molecule has 1 aromatic carbocycles. The Hall–Kier alpha value is -2.57. The van der Waals surface area contributed by atoms with Crippen LogP contribution in [0.25, 0.3) is 0 Å². The number of amides is 3. The molecule has 0 saturated carbocycles. The molecular weight excluding hydrogens is 312 g/mol. The Bertz CT molecular complexity index is 574. The summed E-state index contributed by atoms with van der Waals surface area (Å²) >= 11 is 0. The number of aryl methyl sites for hydroxylation is 1. The molecule has 1 atom stereocenters. The topological polar surface area (TPSA) is 93.7 Å². The summed E-state index contributed by atoms with van der Waals surface area (Å²) in [5.74, 6) is -0.578. The maximum atomic E-state index is 11.5. The summed E-state index contributed by atoms with van der Waals surface area (Å²) in [6, 6.07) is 6.80. The first-order chi connectivity index (χ1) is 11.4. The van der Waals surface area contributed by atoms with E-state index in [1.165, 1.54) is 0 Å². The Labute approximate surface area is 141 Å². The molecule has 3 amide bonds. The van der Waals surface area contributed by atoms with Gasteiger partial charge in [0.25, 0.3) is 5.91 Å². The lowest BCUT2D eigenvalue weighted by atomic mass is 10.2. The lowest BCUT2D eigenvalue weighted by molar-refractivity contribution is -0.148. The van der Waals surface area contributed by atoms with Crippen molar-refractivity contribution in [3.05, 3.63) is 29.8 Å². The van der Waals surface area contributed by atoms with Gasteiger partial charge >= 0.3 is 12.0 Å². The summed E-state index contributed by atoms with van der Waals surface area (Å²) in [5.41, 5.74) is 1.06. The standard InChI is InChI=1S/C17H24N2O5/c1-4-13(3)18-17(22)19-15(20)11-24-16(21)8-9-23-14-7-5-6-12(2)10-14/h5-7,10,13H,4,8-9,11H2,1-3H3,(H2,18,19,20,22)/t13-/m1/s1. The summed E-state index contributed by atoms with van der Waals surface area (Å²) in [7, 11) is 0. The van der Waals surface area contributed by atoms with Crippen molar-refractivity contribution < 1.29 is 23.9 Å². The van der Waals surface area contributed by atoms with E-state index in [-0.39, 0.29) is 19.1 Å². The largest absolute Gasteiger partial charge is 0.493 e. The first kappa shape index (κ1) is 19.5. The van der Waals surface area contributed by atoms with Gasteiger partial charge < -0.3 is 14.8 Å². The Morgan fingerprint density at radius 1 is 1.25 bits per heavy atom. The zero-order chi connectivity index (χ0) is 17.9. The van der Waals surface area contributed by atoms with Crippen LogP contribution in [0, 0.1) is 6.92 Å². The first-order valence-corrected chi connectivity index (χ1v) is 7.86. The smallest absolute Gasteiger partial charge is 0.321 e. The molecule has 0 radical (unpaired) electrons. The third-order valence-corrected chi connectivity index (χ3v) is 3.17. The number of imide groups is 1. The molecule has 1 aromatic rings. The van der Waals surface area contributed by atoms with Crippen LogP contribution in [-0.4, -0.2) is 37.2 Å². The van der Waals surface area contributed by atoms with E-state index >= 15 is 0 Å². The summed E-state index contributed by atoms with van der Waals surface area (Å²) in [4.78, 5) is 34.4. The van der Waals surface area contributed by atoms with Crippen molar-refractivity contribution in [2.24, 2.45) is 0 Å². The van der Waals surface area contributed by atoms with Gasteiger partial charge in [0.1, 0.15) is 5.75 Å². The molecule has 0 fully saturated rings. The fraction of sp³-hybridized carbons (Fsp3) is 0.471. The van der Waals surface area contributed by atoms with Crippen molar-refractivity contribution in [2.75, 3.05) is 13.2 Å². The summed E-state index contributed by atoms with van der Waals surface area (Å²) in [6.45, 7) is 5.32. The molecule has 7 nitrogen and oxygen atoms in total. The average Bonchev–Trinajstić information content (AvgIpc) is 2.52. The van der Waals surface area contributed by atoms with Crippen molar-refractivity contribution >= 4 is 17.9 Å². The van der Waals surface area contributed by atoms with Crippen molar-refractivity contribution in [3.63, 3.8) is 0 Å². The first-order valence-electron chi connectivity index (χ1n) is 7.86. The van der Waals surface area contributed by atoms with E-state index in [4.69, 9.17) is 9.47 Å². The van der Waals surface area contributed by atoms with E-state index in [1.807, 2.05) is 39.0 Å². The van der Waals surface area contributed by atoms with E-state index < -0.39 is 24.5 Å². The van der Waals surface area contributed by atoms with Gasteiger partial charge in [0.2, 0.25) is 0 Å². The number of hydrogen-bond donors (Lipinski definition) is 2. The second-order valence-corrected chi connectivity index (χ2v) is 5.41. The van der Waals surface area contributed by atoms with E-state index in [1.54, 1.807) is 6.07 Å².